The standard InChI is InChI=1S/C15H15N/c1-11-8-12-5-6-13(10-14(12)9-11)15-4-2-3-7-16-15/h2-7,10-11H,8-9H2,1H3/t11-/m1/s1. The number of hydrogen-bond donors (Lipinski definition) is 0. The van der Waals surface area contributed by atoms with Gasteiger partial charge in [0, 0.05) is 11.8 Å². The maximum Gasteiger partial charge on any atom is 0.0702 e. The minimum absolute atomic E-state index is 0.800. The Morgan fingerprint density at radius 1 is 1.06 bits per heavy atom. The van der Waals surface area contributed by atoms with E-state index in [1.807, 2.05) is 18.3 Å². The first kappa shape index (κ1) is 9.59. The summed E-state index contributed by atoms with van der Waals surface area (Å²) in [5.41, 5.74) is 5.35. The highest BCUT2D eigenvalue weighted by Crippen LogP contribution is 2.29. The number of pyridine rings is 1. The zero-order valence-corrected chi connectivity index (χ0v) is 9.48. The molecule has 0 amide bonds. The third-order valence-electron chi connectivity index (χ3n) is 3.30. The molecule has 1 atom stereocenters. The van der Waals surface area contributed by atoms with Crippen LogP contribution in [0.2, 0.25) is 0 Å². The van der Waals surface area contributed by atoms with Crippen LogP contribution in [0.15, 0.2) is 42.6 Å². The minimum Gasteiger partial charge on any atom is -0.256 e. The Morgan fingerprint density at radius 2 is 1.94 bits per heavy atom. The van der Waals surface area contributed by atoms with Gasteiger partial charge >= 0.3 is 0 Å². The number of nitrogens with zero attached hydrogens (tertiary/aromatic N) is 1. The summed E-state index contributed by atoms with van der Waals surface area (Å²) in [6.07, 6.45) is 4.30. The Bertz CT molecular complexity index is 502. The van der Waals surface area contributed by atoms with Gasteiger partial charge in [-0.15, -0.1) is 0 Å². The molecule has 1 heteroatoms. The molecule has 1 aromatic carbocycles. The van der Waals surface area contributed by atoms with E-state index in [1.54, 1.807) is 0 Å². The number of fused-ring (bicyclic) bond motifs is 1. The Balaban J connectivity index is 2.03. The molecule has 0 aliphatic heterocycles. The molecule has 16 heavy (non-hydrogen) atoms. The predicted octanol–water partition coefficient (Wildman–Crippen LogP) is 3.48. The summed E-state index contributed by atoms with van der Waals surface area (Å²) >= 11 is 0. The zero-order valence-electron chi connectivity index (χ0n) is 9.48. The number of aromatic nitrogens is 1. The predicted molar refractivity (Wildman–Crippen MR) is 66.2 cm³/mol. The molecule has 1 aliphatic rings. The van der Waals surface area contributed by atoms with Crippen LogP contribution in [0.25, 0.3) is 11.3 Å². The van der Waals surface area contributed by atoms with Crippen LogP contribution in [-0.2, 0) is 12.8 Å². The fourth-order valence-corrected chi connectivity index (χ4v) is 2.53. The highest BCUT2D eigenvalue weighted by molar-refractivity contribution is 5.61. The van der Waals surface area contributed by atoms with E-state index in [4.69, 9.17) is 0 Å². The van der Waals surface area contributed by atoms with Gasteiger partial charge in [-0.05, 0) is 48.1 Å². The van der Waals surface area contributed by atoms with Crippen LogP contribution >= 0.6 is 0 Å². The molecule has 0 radical (unpaired) electrons. The van der Waals surface area contributed by atoms with Gasteiger partial charge < -0.3 is 0 Å². The SMILES string of the molecule is C[C@@H]1Cc2ccc(-c3ccccn3)cc2C1. The molecule has 2 aromatic rings. The van der Waals surface area contributed by atoms with Crippen molar-refractivity contribution in [2.24, 2.45) is 5.92 Å². The van der Waals surface area contributed by atoms with Gasteiger partial charge in [0.05, 0.1) is 5.69 Å². The molecule has 1 aliphatic carbocycles. The monoisotopic (exact) mass is 209 g/mol. The van der Waals surface area contributed by atoms with Gasteiger partial charge in [0.15, 0.2) is 0 Å². The Hall–Kier alpha value is -1.63. The molecule has 1 nitrogen and oxygen atoms in total. The van der Waals surface area contributed by atoms with Crippen LogP contribution in [0, 0.1) is 5.92 Å². The molecular formula is C15H15N. The van der Waals surface area contributed by atoms with E-state index in [2.05, 4.69) is 36.2 Å². The van der Waals surface area contributed by atoms with Gasteiger partial charge in [-0.1, -0.05) is 25.1 Å². The molecule has 0 N–H and O–H groups in total. The Labute approximate surface area is 96.2 Å². The van der Waals surface area contributed by atoms with E-state index >= 15 is 0 Å². The van der Waals surface area contributed by atoms with Gasteiger partial charge in [-0.2, -0.15) is 0 Å². The molecule has 0 spiro atoms. The molecule has 1 aromatic heterocycles. The molecule has 0 saturated carbocycles. The van der Waals surface area contributed by atoms with E-state index in [-0.39, 0.29) is 0 Å². The molecule has 0 unspecified atom stereocenters. The maximum absolute atomic E-state index is 4.39. The summed E-state index contributed by atoms with van der Waals surface area (Å²) in [6.45, 7) is 2.32. The van der Waals surface area contributed by atoms with Gasteiger partial charge in [0.2, 0.25) is 0 Å². The van der Waals surface area contributed by atoms with E-state index in [9.17, 15) is 0 Å². The van der Waals surface area contributed by atoms with Crippen molar-refractivity contribution in [1.29, 1.82) is 0 Å². The molecule has 80 valence electrons. The normalized spacial score (nSPS) is 18.4. The van der Waals surface area contributed by atoms with E-state index in [0.717, 1.165) is 11.6 Å². The van der Waals surface area contributed by atoms with Gasteiger partial charge in [0.25, 0.3) is 0 Å². The molecule has 1 heterocycles. The van der Waals surface area contributed by atoms with Crippen LogP contribution in [0.3, 0.4) is 0 Å². The average Bonchev–Trinajstić information content (AvgIpc) is 2.69. The van der Waals surface area contributed by atoms with Gasteiger partial charge in [0.1, 0.15) is 0 Å². The summed E-state index contributed by atoms with van der Waals surface area (Å²) in [4.78, 5) is 4.39. The lowest BCUT2D eigenvalue weighted by molar-refractivity contribution is 0.628. The highest BCUT2D eigenvalue weighted by atomic mass is 14.7. The van der Waals surface area contributed by atoms with Crippen LogP contribution in [0.5, 0.6) is 0 Å². The first-order valence-corrected chi connectivity index (χ1v) is 5.86. The second-order valence-electron chi connectivity index (χ2n) is 4.71. The van der Waals surface area contributed by atoms with Crippen molar-refractivity contribution in [1.82, 2.24) is 4.98 Å². The van der Waals surface area contributed by atoms with Crippen LogP contribution in [0.4, 0.5) is 0 Å². The molecule has 0 bridgehead atoms. The molecule has 0 fully saturated rings. The summed E-state index contributed by atoms with van der Waals surface area (Å²) in [5, 5.41) is 0. The van der Waals surface area contributed by atoms with Crippen molar-refractivity contribution < 1.29 is 0 Å². The van der Waals surface area contributed by atoms with Crippen LogP contribution in [0.1, 0.15) is 18.1 Å². The minimum atomic E-state index is 0.800. The van der Waals surface area contributed by atoms with Crippen molar-refractivity contribution in [3.8, 4) is 11.3 Å². The van der Waals surface area contributed by atoms with E-state index < -0.39 is 0 Å². The summed E-state index contributed by atoms with van der Waals surface area (Å²) in [7, 11) is 0. The number of hydrogen-bond acceptors (Lipinski definition) is 1. The van der Waals surface area contributed by atoms with E-state index in [1.165, 1.54) is 29.5 Å². The first-order valence-electron chi connectivity index (χ1n) is 5.86. The van der Waals surface area contributed by atoms with Crippen molar-refractivity contribution in [3.63, 3.8) is 0 Å². The van der Waals surface area contributed by atoms with Crippen LogP contribution < -0.4 is 0 Å². The fourth-order valence-electron chi connectivity index (χ4n) is 2.53. The maximum atomic E-state index is 4.39. The smallest absolute Gasteiger partial charge is 0.0702 e. The topological polar surface area (TPSA) is 12.9 Å². The summed E-state index contributed by atoms with van der Waals surface area (Å²) < 4.78 is 0. The third-order valence-corrected chi connectivity index (χ3v) is 3.30. The Kier molecular flexibility index (Phi) is 2.24. The van der Waals surface area contributed by atoms with Gasteiger partial charge in [-0.25, -0.2) is 0 Å². The summed E-state index contributed by atoms with van der Waals surface area (Å²) in [5.74, 6) is 0.800. The van der Waals surface area contributed by atoms with Crippen molar-refractivity contribution in [3.05, 3.63) is 53.7 Å². The first-order chi connectivity index (χ1) is 7.83. The second kappa shape index (κ2) is 3.75. The lowest BCUT2D eigenvalue weighted by Crippen LogP contribution is -1.89. The highest BCUT2D eigenvalue weighted by Gasteiger charge is 2.17. The largest absolute Gasteiger partial charge is 0.256 e. The molecule has 3 rings (SSSR count). The van der Waals surface area contributed by atoms with Gasteiger partial charge in [-0.3, -0.25) is 4.98 Å². The lowest BCUT2D eigenvalue weighted by Gasteiger charge is -2.03. The van der Waals surface area contributed by atoms with E-state index in [0.29, 0.717) is 0 Å². The second-order valence-corrected chi connectivity index (χ2v) is 4.71. The zero-order chi connectivity index (χ0) is 11.0. The van der Waals surface area contributed by atoms with Crippen molar-refractivity contribution >= 4 is 0 Å². The van der Waals surface area contributed by atoms with Crippen molar-refractivity contribution in [2.45, 2.75) is 19.8 Å². The number of rotatable bonds is 1. The molecular weight excluding hydrogens is 194 g/mol. The third kappa shape index (κ3) is 1.63. The summed E-state index contributed by atoms with van der Waals surface area (Å²) in [6, 6.07) is 12.8. The molecule has 0 saturated heterocycles. The lowest BCUT2D eigenvalue weighted by atomic mass is 10.0. The number of benzene rings is 1. The Morgan fingerprint density at radius 3 is 2.75 bits per heavy atom. The average molecular weight is 209 g/mol. The quantitative estimate of drug-likeness (QED) is 0.700. The van der Waals surface area contributed by atoms with Crippen LogP contribution in [-0.4, -0.2) is 4.98 Å². The van der Waals surface area contributed by atoms with Crippen molar-refractivity contribution in [2.75, 3.05) is 0 Å². The fraction of sp³-hybridized carbons (Fsp3) is 0.267.